The van der Waals surface area contributed by atoms with E-state index in [1.54, 1.807) is 24.1 Å². The van der Waals surface area contributed by atoms with Gasteiger partial charge in [-0.05, 0) is 42.3 Å². The van der Waals surface area contributed by atoms with Crippen molar-refractivity contribution in [1.82, 2.24) is 10.2 Å². The van der Waals surface area contributed by atoms with Crippen molar-refractivity contribution in [3.63, 3.8) is 0 Å². The lowest BCUT2D eigenvalue weighted by Crippen LogP contribution is -2.51. The Bertz CT molecular complexity index is 1010. The van der Waals surface area contributed by atoms with Crippen molar-refractivity contribution < 1.29 is 19.1 Å². The zero-order chi connectivity index (χ0) is 23.5. The van der Waals surface area contributed by atoms with E-state index in [9.17, 15) is 9.59 Å². The number of ether oxygens (including phenoxy) is 2. The number of likely N-dealkylation sites (N-methyl/N-ethyl adjacent to an activating group) is 1. The largest absolute Gasteiger partial charge is 0.497 e. The third-order valence-corrected chi connectivity index (χ3v) is 5.24. The lowest BCUT2D eigenvalue weighted by molar-refractivity contribution is -0.142. The molecule has 0 saturated carbocycles. The van der Waals surface area contributed by atoms with Crippen LogP contribution in [-0.2, 0) is 22.6 Å². The molecular weight excluding hydrogens is 416 g/mol. The van der Waals surface area contributed by atoms with Crippen molar-refractivity contribution in [2.75, 3.05) is 20.3 Å². The van der Waals surface area contributed by atoms with Gasteiger partial charge < -0.3 is 19.7 Å². The number of amides is 2. The van der Waals surface area contributed by atoms with Crippen LogP contribution in [0.3, 0.4) is 0 Å². The summed E-state index contributed by atoms with van der Waals surface area (Å²) in [5.41, 5.74) is 1.87. The van der Waals surface area contributed by atoms with Gasteiger partial charge in [0.05, 0.1) is 7.11 Å². The molecule has 6 nitrogen and oxygen atoms in total. The molecule has 0 bridgehead atoms. The molecule has 0 heterocycles. The summed E-state index contributed by atoms with van der Waals surface area (Å²) in [5, 5.41) is 2.89. The van der Waals surface area contributed by atoms with Gasteiger partial charge in [-0.15, -0.1) is 0 Å². The van der Waals surface area contributed by atoms with Gasteiger partial charge in [0, 0.05) is 19.5 Å². The molecule has 1 atom stereocenters. The van der Waals surface area contributed by atoms with E-state index in [1.807, 2.05) is 79.7 Å². The number of hydrogen-bond acceptors (Lipinski definition) is 4. The standard InChI is InChI=1S/C27H30N2O4/c1-3-28-27(31)25(18-21-10-6-4-7-11-21)29(19-22-14-16-23(32-2)17-15-22)26(30)20-33-24-12-8-5-9-13-24/h4-17,25H,3,18-20H2,1-2H3,(H,28,31). The second-order valence-electron chi connectivity index (χ2n) is 7.57. The van der Waals surface area contributed by atoms with Crippen LogP contribution in [0.2, 0.25) is 0 Å². The van der Waals surface area contributed by atoms with Crippen LogP contribution in [-0.4, -0.2) is 43.0 Å². The Morgan fingerprint density at radius 2 is 1.48 bits per heavy atom. The number of rotatable bonds is 11. The maximum Gasteiger partial charge on any atom is 0.261 e. The Kier molecular flexibility index (Phi) is 8.88. The molecule has 0 spiro atoms. The summed E-state index contributed by atoms with van der Waals surface area (Å²) in [5.74, 6) is 0.881. The van der Waals surface area contributed by atoms with Gasteiger partial charge in [0.2, 0.25) is 5.91 Å². The fourth-order valence-electron chi connectivity index (χ4n) is 3.52. The summed E-state index contributed by atoms with van der Waals surface area (Å²) in [4.78, 5) is 28.1. The Balaban J connectivity index is 1.87. The van der Waals surface area contributed by atoms with E-state index in [1.165, 1.54) is 0 Å². The normalized spacial score (nSPS) is 11.3. The van der Waals surface area contributed by atoms with E-state index in [2.05, 4.69) is 5.32 Å². The van der Waals surface area contributed by atoms with Crippen LogP contribution in [0, 0.1) is 0 Å². The number of benzene rings is 3. The molecule has 3 aromatic carbocycles. The Hall–Kier alpha value is -3.80. The maximum absolute atomic E-state index is 13.4. The number of hydrogen-bond donors (Lipinski definition) is 1. The van der Waals surface area contributed by atoms with Crippen LogP contribution in [0.1, 0.15) is 18.1 Å². The average molecular weight is 447 g/mol. The van der Waals surface area contributed by atoms with Gasteiger partial charge in [0.15, 0.2) is 6.61 Å². The molecule has 1 unspecified atom stereocenters. The smallest absolute Gasteiger partial charge is 0.261 e. The second-order valence-corrected chi connectivity index (χ2v) is 7.57. The number of carbonyl (C=O) groups excluding carboxylic acids is 2. The Labute approximate surface area is 195 Å². The highest BCUT2D eigenvalue weighted by atomic mass is 16.5. The number of para-hydroxylation sites is 1. The topological polar surface area (TPSA) is 67.9 Å². The zero-order valence-corrected chi connectivity index (χ0v) is 19.1. The average Bonchev–Trinajstić information content (AvgIpc) is 2.86. The van der Waals surface area contributed by atoms with Crippen molar-refractivity contribution in [3.05, 3.63) is 96.1 Å². The number of nitrogens with zero attached hydrogens (tertiary/aromatic N) is 1. The van der Waals surface area contributed by atoms with Crippen molar-refractivity contribution in [3.8, 4) is 11.5 Å². The van der Waals surface area contributed by atoms with Crippen LogP contribution in [0.5, 0.6) is 11.5 Å². The highest BCUT2D eigenvalue weighted by Gasteiger charge is 2.30. The first-order valence-corrected chi connectivity index (χ1v) is 11.0. The minimum Gasteiger partial charge on any atom is -0.497 e. The molecule has 1 N–H and O–H groups in total. The molecule has 6 heteroatoms. The summed E-state index contributed by atoms with van der Waals surface area (Å²) in [6.07, 6.45) is 0.403. The molecule has 0 saturated heterocycles. The van der Waals surface area contributed by atoms with Gasteiger partial charge in [-0.25, -0.2) is 0 Å². The molecule has 0 aliphatic heterocycles. The van der Waals surface area contributed by atoms with Crippen molar-refractivity contribution in [1.29, 1.82) is 0 Å². The summed E-state index contributed by atoms with van der Waals surface area (Å²) < 4.78 is 11.0. The summed E-state index contributed by atoms with van der Waals surface area (Å²) in [6.45, 7) is 2.46. The SMILES string of the molecule is CCNC(=O)C(Cc1ccccc1)N(Cc1ccc(OC)cc1)C(=O)COc1ccccc1. The van der Waals surface area contributed by atoms with E-state index in [0.717, 1.165) is 16.9 Å². The summed E-state index contributed by atoms with van der Waals surface area (Å²) in [6, 6.07) is 25.7. The van der Waals surface area contributed by atoms with Crippen molar-refractivity contribution >= 4 is 11.8 Å². The fraction of sp³-hybridized carbons (Fsp3) is 0.259. The highest BCUT2D eigenvalue weighted by molar-refractivity contribution is 5.88. The molecule has 33 heavy (non-hydrogen) atoms. The fourth-order valence-corrected chi connectivity index (χ4v) is 3.52. The first kappa shape index (κ1) is 23.9. The Morgan fingerprint density at radius 1 is 0.848 bits per heavy atom. The molecule has 0 aliphatic carbocycles. The van der Waals surface area contributed by atoms with E-state index in [0.29, 0.717) is 18.7 Å². The van der Waals surface area contributed by atoms with Gasteiger partial charge in [0.25, 0.3) is 5.91 Å². The van der Waals surface area contributed by atoms with E-state index in [4.69, 9.17) is 9.47 Å². The molecule has 0 aliphatic rings. The molecule has 3 aromatic rings. The molecule has 172 valence electrons. The van der Waals surface area contributed by atoms with Crippen LogP contribution in [0.25, 0.3) is 0 Å². The molecule has 2 amide bonds. The minimum absolute atomic E-state index is 0.162. The zero-order valence-electron chi connectivity index (χ0n) is 19.1. The summed E-state index contributed by atoms with van der Waals surface area (Å²) >= 11 is 0. The van der Waals surface area contributed by atoms with Crippen LogP contribution in [0.15, 0.2) is 84.9 Å². The van der Waals surface area contributed by atoms with Gasteiger partial charge >= 0.3 is 0 Å². The molecule has 0 radical (unpaired) electrons. The van der Waals surface area contributed by atoms with E-state index in [-0.39, 0.29) is 25.0 Å². The second kappa shape index (κ2) is 12.3. The first-order valence-electron chi connectivity index (χ1n) is 11.0. The van der Waals surface area contributed by atoms with Gasteiger partial charge in [-0.2, -0.15) is 0 Å². The molecule has 0 fully saturated rings. The van der Waals surface area contributed by atoms with Crippen molar-refractivity contribution in [2.24, 2.45) is 0 Å². The van der Waals surface area contributed by atoms with E-state index >= 15 is 0 Å². The lowest BCUT2D eigenvalue weighted by Gasteiger charge is -2.31. The minimum atomic E-state index is -0.679. The maximum atomic E-state index is 13.4. The third-order valence-electron chi connectivity index (χ3n) is 5.24. The summed E-state index contributed by atoms with van der Waals surface area (Å²) in [7, 11) is 1.61. The number of nitrogens with one attached hydrogen (secondary N) is 1. The van der Waals surface area contributed by atoms with Crippen LogP contribution in [0.4, 0.5) is 0 Å². The van der Waals surface area contributed by atoms with Gasteiger partial charge in [0.1, 0.15) is 17.5 Å². The van der Waals surface area contributed by atoms with E-state index < -0.39 is 6.04 Å². The third kappa shape index (κ3) is 7.10. The number of methoxy groups -OCH3 is 1. The first-order chi connectivity index (χ1) is 16.1. The lowest BCUT2D eigenvalue weighted by atomic mass is 10.0. The molecule has 3 rings (SSSR count). The van der Waals surface area contributed by atoms with Crippen LogP contribution >= 0.6 is 0 Å². The van der Waals surface area contributed by atoms with Gasteiger partial charge in [-0.1, -0.05) is 60.7 Å². The Morgan fingerprint density at radius 3 is 2.09 bits per heavy atom. The predicted octanol–water partition coefficient (Wildman–Crippen LogP) is 3.85. The highest BCUT2D eigenvalue weighted by Crippen LogP contribution is 2.18. The molecule has 0 aromatic heterocycles. The molecular formula is C27H30N2O4. The quantitative estimate of drug-likeness (QED) is 0.486. The number of carbonyl (C=O) groups is 2. The monoisotopic (exact) mass is 446 g/mol. The van der Waals surface area contributed by atoms with Crippen LogP contribution < -0.4 is 14.8 Å². The van der Waals surface area contributed by atoms with Crippen molar-refractivity contribution in [2.45, 2.75) is 25.9 Å². The predicted molar refractivity (Wildman–Crippen MR) is 128 cm³/mol. The van der Waals surface area contributed by atoms with Gasteiger partial charge in [-0.3, -0.25) is 9.59 Å².